The lowest BCUT2D eigenvalue weighted by atomic mass is 10.1. The van der Waals surface area contributed by atoms with E-state index in [0.29, 0.717) is 6.54 Å². The van der Waals surface area contributed by atoms with Crippen LogP contribution in [0.15, 0.2) is 36.8 Å². The van der Waals surface area contributed by atoms with Crippen LogP contribution in [0.5, 0.6) is 0 Å². The number of carboxylic acids is 1. The van der Waals surface area contributed by atoms with E-state index in [0.717, 1.165) is 11.3 Å². The largest absolute Gasteiger partial charge is 1.00 e. The van der Waals surface area contributed by atoms with E-state index in [1.807, 2.05) is 12.1 Å². The molecular formula is C14H15ClN4O3. The van der Waals surface area contributed by atoms with E-state index < -0.39 is 5.97 Å². The maximum Gasteiger partial charge on any atom is 0.303 e. The van der Waals surface area contributed by atoms with Crippen LogP contribution in [0.3, 0.4) is 0 Å². The number of nitrogens with zero attached hydrogens (tertiary/aromatic N) is 4. The van der Waals surface area contributed by atoms with E-state index in [-0.39, 0.29) is 37.5 Å². The van der Waals surface area contributed by atoms with E-state index in [1.54, 1.807) is 29.3 Å². The Kier molecular flexibility index (Phi) is 7.04. The molecule has 0 aliphatic heterocycles. The number of hydrogen-bond donors (Lipinski definition) is 1. The smallest absolute Gasteiger partial charge is 0.303 e. The van der Waals surface area contributed by atoms with Gasteiger partial charge < -0.3 is 17.5 Å². The van der Waals surface area contributed by atoms with Crippen molar-refractivity contribution in [1.29, 1.82) is 0 Å². The summed E-state index contributed by atoms with van der Waals surface area (Å²) >= 11 is 0. The third-order valence-electron chi connectivity index (χ3n) is 2.88. The van der Waals surface area contributed by atoms with Gasteiger partial charge in [-0.15, -0.1) is 0 Å². The van der Waals surface area contributed by atoms with Gasteiger partial charge in [-0.3, -0.25) is 9.59 Å². The Balaban J connectivity index is 0.00000242. The average molecular weight is 323 g/mol. The minimum Gasteiger partial charge on any atom is -1.00 e. The summed E-state index contributed by atoms with van der Waals surface area (Å²) in [6.07, 6.45) is 5.23. The molecule has 0 radical (unpaired) electrons. The molecule has 0 saturated carbocycles. The lowest BCUT2D eigenvalue weighted by Crippen LogP contribution is -3.00. The van der Waals surface area contributed by atoms with Crippen molar-refractivity contribution in [2.24, 2.45) is 0 Å². The third kappa shape index (κ3) is 5.53. The maximum atomic E-state index is 11.5. The lowest BCUT2D eigenvalue weighted by molar-refractivity contribution is -0.752. The number of rotatable bonds is 7. The highest BCUT2D eigenvalue weighted by Gasteiger charge is 2.10. The molecule has 0 atom stereocenters. The standard InChI is InChI=1S/C14H14N4O3.ClH/c19-12(3-4-14(20)21)6-9-18-8-5-11(10-16-18)13-2-1-7-15-17-13;/h1-2,5,7-8,10H,3-4,6,9H2;1H. The average Bonchev–Trinajstić information content (AvgIpc) is 2.52. The number of aliphatic carboxylic acids is 1. The Morgan fingerprint density at radius 1 is 1.18 bits per heavy atom. The van der Waals surface area contributed by atoms with Crippen LogP contribution in [0.1, 0.15) is 19.3 Å². The molecule has 0 aliphatic rings. The minimum absolute atomic E-state index is 0. The van der Waals surface area contributed by atoms with Gasteiger partial charge in [0.1, 0.15) is 12.0 Å². The Morgan fingerprint density at radius 2 is 2.00 bits per heavy atom. The van der Waals surface area contributed by atoms with Crippen molar-refractivity contribution >= 4 is 11.8 Å². The topological polar surface area (TPSA) is 96.9 Å². The molecule has 0 aromatic carbocycles. The molecule has 2 aromatic heterocycles. The zero-order chi connectivity index (χ0) is 15.1. The predicted molar refractivity (Wildman–Crippen MR) is 72.0 cm³/mol. The summed E-state index contributed by atoms with van der Waals surface area (Å²) in [6.45, 7) is 0.430. The molecule has 2 heterocycles. The molecule has 22 heavy (non-hydrogen) atoms. The quantitative estimate of drug-likeness (QED) is 0.574. The van der Waals surface area contributed by atoms with Crippen molar-refractivity contribution < 1.29 is 31.8 Å². The zero-order valence-electron chi connectivity index (χ0n) is 11.7. The van der Waals surface area contributed by atoms with Crippen molar-refractivity contribution in [1.82, 2.24) is 15.3 Å². The zero-order valence-corrected chi connectivity index (χ0v) is 12.5. The van der Waals surface area contributed by atoms with Gasteiger partial charge >= 0.3 is 5.97 Å². The normalized spacial score (nSPS) is 9.82. The fraction of sp³-hybridized carbons (Fsp3) is 0.286. The molecule has 0 fully saturated rings. The highest BCUT2D eigenvalue weighted by atomic mass is 35.5. The summed E-state index contributed by atoms with van der Waals surface area (Å²) in [5, 5.41) is 20.5. The van der Waals surface area contributed by atoms with Gasteiger partial charge in [0.15, 0.2) is 12.7 Å². The Hall–Kier alpha value is -2.41. The van der Waals surface area contributed by atoms with E-state index >= 15 is 0 Å². The molecule has 0 aliphatic carbocycles. The highest BCUT2D eigenvalue weighted by Crippen LogP contribution is 2.11. The lowest BCUT2D eigenvalue weighted by Gasteiger charge is -1.98. The van der Waals surface area contributed by atoms with Crippen molar-refractivity contribution in [2.45, 2.75) is 25.8 Å². The molecule has 0 amide bonds. The fourth-order valence-electron chi connectivity index (χ4n) is 1.73. The van der Waals surface area contributed by atoms with Crippen LogP contribution in [0.4, 0.5) is 0 Å². The maximum absolute atomic E-state index is 11.5. The van der Waals surface area contributed by atoms with Crippen molar-refractivity contribution in [2.75, 3.05) is 0 Å². The molecule has 8 heteroatoms. The van der Waals surface area contributed by atoms with Crippen LogP contribution in [-0.4, -0.2) is 32.2 Å². The first-order valence-electron chi connectivity index (χ1n) is 6.52. The van der Waals surface area contributed by atoms with Gasteiger partial charge in [-0.25, -0.2) is 0 Å². The van der Waals surface area contributed by atoms with Crippen LogP contribution in [0.25, 0.3) is 11.3 Å². The first kappa shape index (κ1) is 17.6. The molecule has 2 rings (SSSR count). The monoisotopic (exact) mass is 322 g/mol. The second-order valence-corrected chi connectivity index (χ2v) is 4.47. The number of carbonyl (C=O) groups excluding carboxylic acids is 1. The molecule has 116 valence electrons. The van der Waals surface area contributed by atoms with Gasteiger partial charge in [-0.1, -0.05) is 4.68 Å². The Labute approximate surface area is 133 Å². The van der Waals surface area contributed by atoms with Gasteiger partial charge in [-0.2, -0.15) is 10.2 Å². The van der Waals surface area contributed by atoms with Crippen LogP contribution in [0.2, 0.25) is 0 Å². The minimum atomic E-state index is -0.956. The summed E-state index contributed by atoms with van der Waals surface area (Å²) < 4.78 is 1.64. The number of ketones is 1. The van der Waals surface area contributed by atoms with Gasteiger partial charge in [0, 0.05) is 24.2 Å². The summed E-state index contributed by atoms with van der Waals surface area (Å²) in [4.78, 5) is 21.9. The first-order valence-corrected chi connectivity index (χ1v) is 6.52. The SMILES string of the molecule is O=C(O)CCC(=O)CC[n+]1ccc(-c2cccnn2)cn1.[Cl-]. The van der Waals surface area contributed by atoms with Gasteiger partial charge in [0.05, 0.1) is 18.5 Å². The van der Waals surface area contributed by atoms with Gasteiger partial charge in [-0.05, 0) is 17.2 Å². The van der Waals surface area contributed by atoms with Crippen LogP contribution >= 0.6 is 0 Å². The number of halogens is 1. The molecular weight excluding hydrogens is 308 g/mol. The van der Waals surface area contributed by atoms with Crippen molar-refractivity contribution in [3.05, 3.63) is 36.8 Å². The summed E-state index contributed by atoms with van der Waals surface area (Å²) in [6, 6.07) is 5.48. The second kappa shape index (κ2) is 8.78. The molecule has 0 spiro atoms. The molecule has 0 unspecified atom stereocenters. The van der Waals surface area contributed by atoms with E-state index in [4.69, 9.17) is 5.11 Å². The van der Waals surface area contributed by atoms with Gasteiger partial charge in [0.2, 0.25) is 0 Å². The summed E-state index contributed by atoms with van der Waals surface area (Å²) in [7, 11) is 0. The first-order chi connectivity index (χ1) is 10.1. The summed E-state index contributed by atoms with van der Waals surface area (Å²) in [5.41, 5.74) is 1.58. The van der Waals surface area contributed by atoms with Crippen molar-refractivity contribution in [3.63, 3.8) is 0 Å². The molecule has 0 bridgehead atoms. The van der Waals surface area contributed by atoms with Gasteiger partial charge in [0.25, 0.3) is 0 Å². The predicted octanol–water partition coefficient (Wildman–Crippen LogP) is -2.35. The molecule has 7 nitrogen and oxygen atoms in total. The number of hydrogen-bond acceptors (Lipinski definition) is 5. The highest BCUT2D eigenvalue weighted by molar-refractivity contribution is 5.82. The number of carbonyl (C=O) groups is 2. The molecule has 0 saturated heterocycles. The Bertz CT molecular complexity index is 620. The van der Waals surface area contributed by atoms with E-state index in [1.165, 1.54) is 0 Å². The van der Waals surface area contributed by atoms with Crippen LogP contribution < -0.4 is 17.1 Å². The van der Waals surface area contributed by atoms with E-state index in [9.17, 15) is 9.59 Å². The fourth-order valence-corrected chi connectivity index (χ4v) is 1.73. The number of aryl methyl sites for hydroxylation is 1. The summed E-state index contributed by atoms with van der Waals surface area (Å²) in [5.74, 6) is -1.04. The number of aromatic nitrogens is 4. The molecule has 1 N–H and O–H groups in total. The number of carboxylic acid groups (broad SMARTS) is 1. The van der Waals surface area contributed by atoms with Crippen molar-refractivity contribution in [3.8, 4) is 11.3 Å². The number of Topliss-reactive ketones (excluding diaryl/α,β-unsaturated/α-hetero) is 1. The molecule has 2 aromatic rings. The third-order valence-corrected chi connectivity index (χ3v) is 2.88. The van der Waals surface area contributed by atoms with Crippen LogP contribution in [-0.2, 0) is 16.1 Å². The second-order valence-electron chi connectivity index (χ2n) is 4.47. The van der Waals surface area contributed by atoms with E-state index in [2.05, 4.69) is 15.3 Å². The Morgan fingerprint density at radius 3 is 2.59 bits per heavy atom. The van der Waals surface area contributed by atoms with Crippen LogP contribution in [0, 0.1) is 0 Å².